The highest BCUT2D eigenvalue weighted by atomic mass is 32.2. The first-order valence-corrected chi connectivity index (χ1v) is 8.12. The number of sulfonamides is 1. The lowest BCUT2D eigenvalue weighted by Gasteiger charge is -2.22. The van der Waals surface area contributed by atoms with Crippen LogP contribution in [0.25, 0.3) is 0 Å². The predicted molar refractivity (Wildman–Crippen MR) is 76.7 cm³/mol. The summed E-state index contributed by atoms with van der Waals surface area (Å²) in [5.41, 5.74) is -1.01. The minimum atomic E-state index is -3.84. The number of nitrogens with zero attached hydrogens (tertiary/aromatic N) is 1. The first kappa shape index (κ1) is 15.6. The van der Waals surface area contributed by atoms with Crippen LogP contribution in [-0.4, -0.2) is 28.2 Å². The number of benzene rings is 1. The van der Waals surface area contributed by atoms with Gasteiger partial charge in [0, 0.05) is 6.07 Å². The van der Waals surface area contributed by atoms with Crippen molar-refractivity contribution in [3.63, 3.8) is 0 Å². The second-order valence-corrected chi connectivity index (χ2v) is 6.67. The zero-order valence-corrected chi connectivity index (χ0v) is 12.9. The van der Waals surface area contributed by atoms with Gasteiger partial charge < -0.3 is 9.47 Å². The lowest BCUT2D eigenvalue weighted by molar-refractivity contribution is 0.385. The molecule has 1 aliphatic rings. The third-order valence-electron chi connectivity index (χ3n) is 3.66. The van der Waals surface area contributed by atoms with E-state index in [1.807, 2.05) is 0 Å². The van der Waals surface area contributed by atoms with Crippen LogP contribution in [0.4, 0.5) is 0 Å². The molecule has 1 N–H and O–H groups in total. The highest BCUT2D eigenvalue weighted by molar-refractivity contribution is 7.89. The summed E-state index contributed by atoms with van der Waals surface area (Å²) in [4.78, 5) is 0.00678. The average molecular weight is 310 g/mol. The summed E-state index contributed by atoms with van der Waals surface area (Å²) in [5, 5.41) is 9.31. The second-order valence-electron chi connectivity index (χ2n) is 5.02. The van der Waals surface area contributed by atoms with Gasteiger partial charge in [0.2, 0.25) is 10.0 Å². The molecule has 21 heavy (non-hydrogen) atoms. The fraction of sp³-hybridized carbons (Fsp3) is 0.500. The van der Waals surface area contributed by atoms with E-state index in [1.165, 1.54) is 26.4 Å². The van der Waals surface area contributed by atoms with Gasteiger partial charge in [-0.3, -0.25) is 0 Å². The number of methoxy groups -OCH3 is 2. The Bertz CT molecular complexity index is 658. The number of hydrogen-bond donors (Lipinski definition) is 1. The van der Waals surface area contributed by atoms with Crippen LogP contribution in [0.15, 0.2) is 23.1 Å². The summed E-state index contributed by atoms with van der Waals surface area (Å²) in [7, 11) is -0.952. The zero-order chi connectivity index (χ0) is 15.5. The number of rotatable bonds is 5. The summed E-state index contributed by atoms with van der Waals surface area (Å²) in [6.45, 7) is 0. The first-order valence-electron chi connectivity index (χ1n) is 6.64. The average Bonchev–Trinajstić information content (AvgIpc) is 2.94. The highest BCUT2D eigenvalue weighted by Gasteiger charge is 2.39. The Balaban J connectivity index is 2.38. The molecule has 7 heteroatoms. The van der Waals surface area contributed by atoms with Gasteiger partial charge in [0.1, 0.15) is 21.9 Å². The van der Waals surface area contributed by atoms with Gasteiger partial charge in [-0.15, -0.1) is 0 Å². The van der Waals surface area contributed by atoms with E-state index >= 15 is 0 Å². The summed E-state index contributed by atoms with van der Waals surface area (Å²) in [6.07, 6.45) is 2.74. The smallest absolute Gasteiger partial charge is 0.245 e. The van der Waals surface area contributed by atoms with Gasteiger partial charge in [0.25, 0.3) is 0 Å². The van der Waals surface area contributed by atoms with Crippen LogP contribution in [-0.2, 0) is 10.0 Å². The van der Waals surface area contributed by atoms with Crippen LogP contribution in [0.2, 0.25) is 0 Å². The molecule has 0 saturated heterocycles. The monoisotopic (exact) mass is 310 g/mol. The lowest BCUT2D eigenvalue weighted by atomic mass is 10.0. The molecule has 1 fully saturated rings. The SMILES string of the molecule is COc1ccc(S(=O)(=O)NC2(C#N)CCCC2)c(OC)c1. The van der Waals surface area contributed by atoms with Gasteiger partial charge in [-0.2, -0.15) is 9.98 Å². The predicted octanol–water partition coefficient (Wildman–Crippen LogP) is 1.82. The maximum absolute atomic E-state index is 12.5. The molecule has 0 bridgehead atoms. The van der Waals surface area contributed by atoms with Gasteiger partial charge in [0.05, 0.1) is 20.3 Å². The molecule has 1 aliphatic carbocycles. The summed E-state index contributed by atoms with van der Waals surface area (Å²) in [6, 6.07) is 6.57. The Morgan fingerprint density at radius 3 is 2.43 bits per heavy atom. The van der Waals surface area contributed by atoms with Crippen molar-refractivity contribution in [2.45, 2.75) is 36.1 Å². The zero-order valence-electron chi connectivity index (χ0n) is 12.0. The Morgan fingerprint density at radius 2 is 1.90 bits per heavy atom. The number of nitriles is 1. The van der Waals surface area contributed by atoms with Crippen molar-refractivity contribution >= 4 is 10.0 Å². The standard InChI is InChI=1S/C14H18N2O4S/c1-19-11-5-6-13(12(9-11)20-2)21(17,18)16-14(10-15)7-3-4-8-14/h5-6,9,16H,3-4,7-8H2,1-2H3. The number of ether oxygens (including phenoxy) is 2. The Hall–Kier alpha value is -1.78. The van der Waals surface area contributed by atoms with Gasteiger partial charge in [-0.25, -0.2) is 8.42 Å². The van der Waals surface area contributed by atoms with Crippen molar-refractivity contribution in [2.75, 3.05) is 14.2 Å². The van der Waals surface area contributed by atoms with Gasteiger partial charge >= 0.3 is 0 Å². The molecule has 0 aliphatic heterocycles. The third kappa shape index (κ3) is 3.12. The fourth-order valence-electron chi connectivity index (χ4n) is 2.52. The van der Waals surface area contributed by atoms with Crippen LogP contribution >= 0.6 is 0 Å². The van der Waals surface area contributed by atoms with Gasteiger partial charge in [-0.1, -0.05) is 12.8 Å². The van der Waals surface area contributed by atoms with E-state index in [2.05, 4.69) is 10.8 Å². The van der Waals surface area contributed by atoms with E-state index in [4.69, 9.17) is 9.47 Å². The van der Waals surface area contributed by atoms with E-state index < -0.39 is 15.6 Å². The first-order chi connectivity index (χ1) is 9.96. The third-order valence-corrected chi connectivity index (χ3v) is 5.24. The van der Waals surface area contributed by atoms with Gasteiger partial charge in [-0.05, 0) is 25.0 Å². The van der Waals surface area contributed by atoms with Gasteiger partial charge in [0.15, 0.2) is 0 Å². The normalized spacial score (nSPS) is 17.2. The quantitative estimate of drug-likeness (QED) is 0.896. The maximum Gasteiger partial charge on any atom is 0.245 e. The van der Waals surface area contributed by atoms with Crippen molar-refractivity contribution in [2.24, 2.45) is 0 Å². The molecule has 114 valence electrons. The summed E-state index contributed by atoms with van der Waals surface area (Å²) in [5.74, 6) is 0.689. The van der Waals surface area contributed by atoms with E-state index in [-0.39, 0.29) is 10.6 Å². The molecule has 0 radical (unpaired) electrons. The molecular weight excluding hydrogens is 292 g/mol. The highest BCUT2D eigenvalue weighted by Crippen LogP contribution is 2.33. The fourth-order valence-corrected chi connectivity index (χ4v) is 4.05. The Labute approximate surface area is 124 Å². The molecule has 0 amide bonds. The molecule has 0 aromatic heterocycles. The van der Waals surface area contributed by atoms with E-state index in [9.17, 15) is 13.7 Å². The molecule has 6 nitrogen and oxygen atoms in total. The largest absolute Gasteiger partial charge is 0.497 e. The lowest BCUT2D eigenvalue weighted by Crippen LogP contribution is -2.45. The molecule has 0 spiro atoms. The maximum atomic E-state index is 12.5. The molecule has 1 aromatic carbocycles. The van der Waals surface area contributed by atoms with E-state index in [0.717, 1.165) is 12.8 Å². The molecule has 0 unspecified atom stereocenters. The van der Waals surface area contributed by atoms with Crippen LogP contribution in [0.1, 0.15) is 25.7 Å². The Morgan fingerprint density at radius 1 is 1.24 bits per heavy atom. The van der Waals surface area contributed by atoms with Crippen LogP contribution in [0.5, 0.6) is 11.5 Å². The Kier molecular flexibility index (Phi) is 4.40. The van der Waals surface area contributed by atoms with E-state index in [1.54, 1.807) is 6.07 Å². The molecular formula is C14H18N2O4S. The van der Waals surface area contributed by atoms with Crippen molar-refractivity contribution in [1.29, 1.82) is 5.26 Å². The summed E-state index contributed by atoms with van der Waals surface area (Å²) < 4.78 is 37.8. The number of hydrogen-bond acceptors (Lipinski definition) is 5. The number of nitrogens with one attached hydrogen (secondary N) is 1. The van der Waals surface area contributed by atoms with Crippen molar-refractivity contribution < 1.29 is 17.9 Å². The topological polar surface area (TPSA) is 88.4 Å². The minimum absolute atomic E-state index is 0.00678. The second kappa shape index (κ2) is 5.92. The van der Waals surface area contributed by atoms with Crippen LogP contribution in [0, 0.1) is 11.3 Å². The van der Waals surface area contributed by atoms with Crippen molar-refractivity contribution in [3.05, 3.63) is 18.2 Å². The molecule has 2 rings (SSSR count). The molecule has 1 aromatic rings. The molecule has 0 heterocycles. The minimum Gasteiger partial charge on any atom is -0.497 e. The summed E-state index contributed by atoms with van der Waals surface area (Å²) >= 11 is 0. The molecule has 1 saturated carbocycles. The van der Waals surface area contributed by atoms with Crippen molar-refractivity contribution in [1.82, 2.24) is 4.72 Å². The molecule has 0 atom stereocenters. The van der Waals surface area contributed by atoms with E-state index in [0.29, 0.717) is 18.6 Å². The van der Waals surface area contributed by atoms with Crippen molar-refractivity contribution in [3.8, 4) is 17.6 Å². The van der Waals surface area contributed by atoms with Crippen LogP contribution in [0.3, 0.4) is 0 Å². The van der Waals surface area contributed by atoms with Crippen LogP contribution < -0.4 is 14.2 Å².